The van der Waals surface area contributed by atoms with Crippen LogP contribution in [0.2, 0.25) is 0 Å². The van der Waals surface area contributed by atoms with Gasteiger partial charge in [0.05, 0.1) is 4.90 Å². The standard InChI is InChI=1S/C11H14BrNO2S/c1-8-7-9(12)3-4-10(8)16(14,15)13-11(2)5-6-11/h3-4,7,13H,5-6H2,1-2H3. The van der Waals surface area contributed by atoms with E-state index in [2.05, 4.69) is 20.7 Å². The predicted molar refractivity (Wildman–Crippen MR) is 66.8 cm³/mol. The highest BCUT2D eigenvalue weighted by Gasteiger charge is 2.41. The highest BCUT2D eigenvalue weighted by Crippen LogP contribution is 2.36. The minimum Gasteiger partial charge on any atom is -0.207 e. The Morgan fingerprint density at radius 2 is 2.00 bits per heavy atom. The first kappa shape index (κ1) is 12.1. The molecule has 3 nitrogen and oxygen atoms in total. The largest absolute Gasteiger partial charge is 0.241 e. The SMILES string of the molecule is Cc1cc(Br)ccc1S(=O)(=O)NC1(C)CC1. The normalized spacial score (nSPS) is 18.4. The number of aryl methyl sites for hydroxylation is 1. The molecule has 0 radical (unpaired) electrons. The Hall–Kier alpha value is -0.390. The maximum atomic E-state index is 12.1. The lowest BCUT2D eigenvalue weighted by atomic mass is 10.2. The summed E-state index contributed by atoms with van der Waals surface area (Å²) in [7, 11) is -3.37. The van der Waals surface area contributed by atoms with Crippen LogP contribution in [0.1, 0.15) is 25.3 Å². The molecule has 88 valence electrons. The van der Waals surface area contributed by atoms with Gasteiger partial charge in [-0.2, -0.15) is 0 Å². The van der Waals surface area contributed by atoms with E-state index in [0.29, 0.717) is 4.90 Å². The molecule has 1 aliphatic rings. The van der Waals surface area contributed by atoms with Gasteiger partial charge in [0, 0.05) is 10.0 Å². The van der Waals surface area contributed by atoms with Gasteiger partial charge < -0.3 is 0 Å². The summed E-state index contributed by atoms with van der Waals surface area (Å²) in [5.41, 5.74) is 0.532. The molecule has 0 amide bonds. The monoisotopic (exact) mass is 303 g/mol. The smallest absolute Gasteiger partial charge is 0.207 e. The van der Waals surface area contributed by atoms with Crippen LogP contribution in [0.5, 0.6) is 0 Å². The van der Waals surface area contributed by atoms with Crippen molar-refractivity contribution in [2.75, 3.05) is 0 Å². The molecule has 0 atom stereocenters. The lowest BCUT2D eigenvalue weighted by Gasteiger charge is -2.13. The van der Waals surface area contributed by atoms with E-state index in [1.165, 1.54) is 0 Å². The van der Waals surface area contributed by atoms with Crippen molar-refractivity contribution in [1.82, 2.24) is 4.72 Å². The number of nitrogens with one attached hydrogen (secondary N) is 1. The van der Waals surface area contributed by atoms with E-state index in [-0.39, 0.29) is 5.54 Å². The van der Waals surface area contributed by atoms with Gasteiger partial charge in [-0.05, 0) is 50.5 Å². The third-order valence-electron chi connectivity index (χ3n) is 2.81. The summed E-state index contributed by atoms with van der Waals surface area (Å²) in [6, 6.07) is 5.19. The molecule has 1 N–H and O–H groups in total. The van der Waals surface area contributed by atoms with E-state index in [4.69, 9.17) is 0 Å². The summed E-state index contributed by atoms with van der Waals surface area (Å²) in [6.45, 7) is 3.73. The molecule has 1 aliphatic carbocycles. The van der Waals surface area contributed by atoms with Gasteiger partial charge >= 0.3 is 0 Å². The Kier molecular flexibility index (Phi) is 2.88. The molecule has 0 unspecified atom stereocenters. The van der Waals surface area contributed by atoms with Crippen LogP contribution in [-0.4, -0.2) is 14.0 Å². The summed E-state index contributed by atoms with van der Waals surface area (Å²) in [4.78, 5) is 0.365. The van der Waals surface area contributed by atoms with Crippen molar-refractivity contribution >= 4 is 26.0 Å². The molecule has 0 aromatic heterocycles. The minimum absolute atomic E-state index is 0.224. The molecular formula is C11H14BrNO2S. The van der Waals surface area contributed by atoms with Crippen molar-refractivity contribution in [2.45, 2.75) is 37.1 Å². The zero-order chi connectivity index (χ0) is 12.0. The number of hydrogen-bond acceptors (Lipinski definition) is 2. The van der Waals surface area contributed by atoms with Crippen molar-refractivity contribution in [1.29, 1.82) is 0 Å². The van der Waals surface area contributed by atoms with Gasteiger partial charge in [-0.1, -0.05) is 15.9 Å². The molecule has 1 aromatic rings. The quantitative estimate of drug-likeness (QED) is 0.933. The average molecular weight is 304 g/mol. The molecule has 16 heavy (non-hydrogen) atoms. The van der Waals surface area contributed by atoms with Gasteiger partial charge in [0.2, 0.25) is 10.0 Å². The molecule has 0 bridgehead atoms. The number of halogens is 1. The molecule has 1 aromatic carbocycles. The minimum atomic E-state index is -3.37. The van der Waals surface area contributed by atoms with Crippen LogP contribution in [0.25, 0.3) is 0 Å². The van der Waals surface area contributed by atoms with E-state index >= 15 is 0 Å². The van der Waals surface area contributed by atoms with Crippen LogP contribution in [-0.2, 0) is 10.0 Å². The Labute approximate surface area is 104 Å². The van der Waals surface area contributed by atoms with E-state index in [1.807, 2.05) is 13.0 Å². The van der Waals surface area contributed by atoms with Gasteiger partial charge in [-0.15, -0.1) is 0 Å². The van der Waals surface area contributed by atoms with E-state index in [9.17, 15) is 8.42 Å². The number of benzene rings is 1. The Bertz CT molecular complexity index is 521. The average Bonchev–Trinajstić information content (AvgIpc) is 2.80. The van der Waals surface area contributed by atoms with Crippen LogP contribution in [0.15, 0.2) is 27.6 Å². The maximum absolute atomic E-state index is 12.1. The first-order valence-corrected chi connectivity index (χ1v) is 7.40. The lowest BCUT2D eigenvalue weighted by Crippen LogP contribution is -2.34. The highest BCUT2D eigenvalue weighted by molar-refractivity contribution is 9.10. The zero-order valence-corrected chi connectivity index (χ0v) is 11.7. The van der Waals surface area contributed by atoms with Gasteiger partial charge in [0.1, 0.15) is 0 Å². The fourth-order valence-electron chi connectivity index (χ4n) is 1.58. The third kappa shape index (κ3) is 2.47. The molecule has 0 aliphatic heterocycles. The second-order valence-electron chi connectivity index (χ2n) is 4.58. The molecular weight excluding hydrogens is 290 g/mol. The fourth-order valence-corrected chi connectivity index (χ4v) is 3.75. The van der Waals surface area contributed by atoms with Crippen LogP contribution in [0.4, 0.5) is 0 Å². The first-order chi connectivity index (χ1) is 7.32. The molecule has 1 saturated carbocycles. The van der Waals surface area contributed by atoms with E-state index in [1.54, 1.807) is 19.1 Å². The summed E-state index contributed by atoms with van der Waals surface area (Å²) < 4.78 is 27.8. The van der Waals surface area contributed by atoms with Crippen LogP contribution in [0, 0.1) is 6.92 Å². The second kappa shape index (κ2) is 3.82. The lowest BCUT2D eigenvalue weighted by molar-refractivity contribution is 0.557. The Balaban J connectivity index is 2.35. The highest BCUT2D eigenvalue weighted by atomic mass is 79.9. The predicted octanol–water partition coefficient (Wildman–Crippen LogP) is 2.59. The van der Waals surface area contributed by atoms with Gasteiger partial charge in [0.25, 0.3) is 0 Å². The molecule has 1 fully saturated rings. The third-order valence-corrected chi connectivity index (χ3v) is 5.10. The molecule has 2 rings (SSSR count). The van der Waals surface area contributed by atoms with E-state index in [0.717, 1.165) is 22.9 Å². The number of hydrogen-bond donors (Lipinski definition) is 1. The summed E-state index contributed by atoms with van der Waals surface area (Å²) >= 11 is 3.32. The Morgan fingerprint density at radius 3 is 2.50 bits per heavy atom. The van der Waals surface area contributed by atoms with Gasteiger partial charge in [0.15, 0.2) is 0 Å². The summed E-state index contributed by atoms with van der Waals surface area (Å²) in [5.74, 6) is 0. The van der Waals surface area contributed by atoms with Crippen molar-refractivity contribution in [3.05, 3.63) is 28.2 Å². The zero-order valence-electron chi connectivity index (χ0n) is 9.25. The second-order valence-corrected chi connectivity index (χ2v) is 7.14. The molecule has 0 spiro atoms. The summed E-state index contributed by atoms with van der Waals surface area (Å²) in [6.07, 6.45) is 1.84. The van der Waals surface area contributed by atoms with Gasteiger partial charge in [-0.3, -0.25) is 0 Å². The van der Waals surface area contributed by atoms with Crippen molar-refractivity contribution in [3.63, 3.8) is 0 Å². The molecule has 5 heteroatoms. The number of sulfonamides is 1. The Morgan fingerprint density at radius 1 is 1.38 bits per heavy atom. The molecule has 0 saturated heterocycles. The van der Waals surface area contributed by atoms with Crippen LogP contribution < -0.4 is 4.72 Å². The van der Waals surface area contributed by atoms with Crippen LogP contribution in [0.3, 0.4) is 0 Å². The van der Waals surface area contributed by atoms with E-state index < -0.39 is 10.0 Å². The summed E-state index contributed by atoms with van der Waals surface area (Å²) in [5, 5.41) is 0. The molecule has 0 heterocycles. The van der Waals surface area contributed by atoms with Crippen molar-refractivity contribution in [2.24, 2.45) is 0 Å². The van der Waals surface area contributed by atoms with Crippen LogP contribution >= 0.6 is 15.9 Å². The van der Waals surface area contributed by atoms with Gasteiger partial charge in [-0.25, -0.2) is 13.1 Å². The van der Waals surface area contributed by atoms with Crippen molar-refractivity contribution < 1.29 is 8.42 Å². The fraction of sp³-hybridized carbons (Fsp3) is 0.455. The van der Waals surface area contributed by atoms with Crippen molar-refractivity contribution in [3.8, 4) is 0 Å². The number of rotatable bonds is 3. The first-order valence-electron chi connectivity index (χ1n) is 5.13. The topological polar surface area (TPSA) is 46.2 Å². The maximum Gasteiger partial charge on any atom is 0.241 e.